The maximum Gasteiger partial charge on any atom is 0.421 e. The number of aldehydes is 1. The van der Waals surface area contributed by atoms with Crippen molar-refractivity contribution in [2.24, 2.45) is 0 Å². The van der Waals surface area contributed by atoms with Gasteiger partial charge in [0.1, 0.15) is 24.8 Å². The quantitative estimate of drug-likeness (QED) is 0.146. The molecule has 0 amide bonds. The molecule has 1 unspecified atom stereocenters. The first-order chi connectivity index (χ1) is 21.5. The van der Waals surface area contributed by atoms with E-state index >= 15 is 0 Å². The van der Waals surface area contributed by atoms with Gasteiger partial charge in [0, 0.05) is 47.3 Å². The van der Waals surface area contributed by atoms with E-state index in [-0.39, 0.29) is 18.0 Å². The molecule has 1 saturated carbocycles. The van der Waals surface area contributed by atoms with Crippen molar-refractivity contribution in [3.63, 3.8) is 0 Å². The number of hydrogen-bond acceptors (Lipinski definition) is 8. The minimum atomic E-state index is -4.74. The van der Waals surface area contributed by atoms with Crippen molar-refractivity contribution >= 4 is 41.9 Å². The lowest BCUT2D eigenvalue weighted by molar-refractivity contribution is -0.137. The van der Waals surface area contributed by atoms with E-state index in [9.17, 15) is 27.6 Å². The van der Waals surface area contributed by atoms with Crippen molar-refractivity contribution in [2.45, 2.75) is 83.2 Å². The van der Waals surface area contributed by atoms with Crippen LogP contribution in [0.25, 0.3) is 0 Å². The van der Waals surface area contributed by atoms with Crippen molar-refractivity contribution in [2.75, 3.05) is 30.0 Å². The van der Waals surface area contributed by atoms with Crippen molar-refractivity contribution < 1.29 is 27.6 Å². The zero-order chi connectivity index (χ0) is 32.4. The number of anilines is 4. The number of nitrogens with zero attached hydrogens (tertiary/aromatic N) is 3. The summed E-state index contributed by atoms with van der Waals surface area (Å²) in [6.45, 7) is 4.48. The Bertz CT molecular complexity index is 1570. The van der Waals surface area contributed by atoms with E-state index in [1.54, 1.807) is 24.3 Å². The predicted octanol–water partition coefficient (Wildman–Crippen LogP) is 7.49. The molecule has 1 atom stereocenters. The van der Waals surface area contributed by atoms with Gasteiger partial charge in [-0.3, -0.25) is 4.90 Å². The third kappa shape index (κ3) is 7.11. The van der Waals surface area contributed by atoms with E-state index in [1.807, 2.05) is 37.9 Å². The molecule has 8 nitrogen and oxygen atoms in total. The molecule has 1 aliphatic carbocycles. The van der Waals surface area contributed by atoms with E-state index in [0.717, 1.165) is 49.3 Å². The van der Waals surface area contributed by atoms with Crippen LogP contribution in [0.3, 0.4) is 0 Å². The average Bonchev–Trinajstić information content (AvgIpc) is 3.34. The van der Waals surface area contributed by atoms with Crippen LogP contribution in [0.5, 0.6) is 0 Å². The van der Waals surface area contributed by atoms with Gasteiger partial charge in [0.05, 0.1) is 12.1 Å². The lowest BCUT2D eigenvalue weighted by Gasteiger charge is -2.28. The number of fused-ring (bicyclic) bond motifs is 1. The summed E-state index contributed by atoms with van der Waals surface area (Å²) >= 11 is 0. The first-order valence-electron chi connectivity index (χ1n) is 15.6. The van der Waals surface area contributed by atoms with E-state index in [1.165, 1.54) is 0 Å². The number of carbonyl (C=O) groups is 1. The summed E-state index contributed by atoms with van der Waals surface area (Å²) in [4.78, 5) is 22.3. The summed E-state index contributed by atoms with van der Waals surface area (Å²) in [7, 11) is -0.797. The summed E-state index contributed by atoms with van der Waals surface area (Å²) < 4.78 is 56.3. The van der Waals surface area contributed by atoms with E-state index in [0.29, 0.717) is 54.0 Å². The van der Waals surface area contributed by atoms with Gasteiger partial charge in [0.2, 0.25) is 5.95 Å². The Balaban J connectivity index is 1.51. The Kier molecular flexibility index (Phi) is 10.0. The highest BCUT2D eigenvalue weighted by atomic mass is 31.2. The van der Waals surface area contributed by atoms with Gasteiger partial charge < -0.3 is 25.1 Å². The lowest BCUT2D eigenvalue weighted by Crippen LogP contribution is -2.18. The molecule has 242 valence electrons. The SMILES string of the molecule is CCCP(=O)(CCC)c1cccc(Nc2ncc(C(F)(F)F)c(Nc3ccc(C4CCC(O)CC4)c4c3C(C=O)N(C)C4)n2)c1. The minimum Gasteiger partial charge on any atom is -0.393 e. The zero-order valence-corrected chi connectivity index (χ0v) is 26.8. The number of rotatable bonds is 11. The predicted molar refractivity (Wildman–Crippen MR) is 172 cm³/mol. The van der Waals surface area contributed by atoms with Crippen LogP contribution < -0.4 is 15.9 Å². The molecule has 2 aromatic carbocycles. The van der Waals surface area contributed by atoms with Gasteiger partial charge in [-0.25, -0.2) is 4.98 Å². The van der Waals surface area contributed by atoms with Gasteiger partial charge in [0.25, 0.3) is 0 Å². The largest absolute Gasteiger partial charge is 0.421 e. The number of benzene rings is 2. The Morgan fingerprint density at radius 2 is 1.78 bits per heavy atom. The second kappa shape index (κ2) is 13.6. The zero-order valence-electron chi connectivity index (χ0n) is 25.9. The molecule has 0 radical (unpaired) electrons. The molecule has 1 fully saturated rings. The number of aliphatic hydroxyl groups is 1. The third-order valence-electron chi connectivity index (χ3n) is 8.93. The van der Waals surface area contributed by atoms with E-state index in [4.69, 9.17) is 0 Å². The third-order valence-corrected chi connectivity index (χ3v) is 12.5. The van der Waals surface area contributed by atoms with Crippen LogP contribution in [0.1, 0.15) is 86.6 Å². The number of alkyl halides is 3. The van der Waals surface area contributed by atoms with Crippen LogP contribution >= 0.6 is 7.14 Å². The Labute approximate surface area is 262 Å². The molecular weight excluding hydrogens is 602 g/mol. The summed E-state index contributed by atoms with van der Waals surface area (Å²) in [5, 5.41) is 16.6. The molecule has 3 aromatic rings. The summed E-state index contributed by atoms with van der Waals surface area (Å²) in [5.41, 5.74) is 2.52. The number of aromatic nitrogens is 2. The molecule has 0 saturated heterocycles. The fraction of sp³-hybridized carbons (Fsp3) is 0.485. The van der Waals surface area contributed by atoms with Crippen LogP contribution in [-0.4, -0.2) is 51.7 Å². The lowest BCUT2D eigenvalue weighted by atomic mass is 9.80. The minimum absolute atomic E-state index is 0.0541. The molecule has 0 spiro atoms. The highest BCUT2D eigenvalue weighted by molar-refractivity contribution is 7.71. The van der Waals surface area contributed by atoms with Gasteiger partial charge in [-0.1, -0.05) is 32.0 Å². The molecule has 12 heteroatoms. The van der Waals surface area contributed by atoms with Crippen LogP contribution in [0.2, 0.25) is 0 Å². The molecular formula is C33H41F3N5O3P. The smallest absolute Gasteiger partial charge is 0.393 e. The van der Waals surface area contributed by atoms with E-state index in [2.05, 4.69) is 20.6 Å². The summed E-state index contributed by atoms with van der Waals surface area (Å²) in [6, 6.07) is 10.1. The maximum absolute atomic E-state index is 14.2. The van der Waals surface area contributed by atoms with Gasteiger partial charge >= 0.3 is 6.18 Å². The van der Waals surface area contributed by atoms with Crippen LogP contribution in [0, 0.1) is 0 Å². The fourth-order valence-electron chi connectivity index (χ4n) is 6.75. The second-order valence-electron chi connectivity index (χ2n) is 12.2. The normalized spacial score (nSPS) is 20.6. The number of carbonyl (C=O) groups excluding carboxylic acids is 1. The van der Waals surface area contributed by atoms with Gasteiger partial charge in [-0.2, -0.15) is 18.2 Å². The second-order valence-corrected chi connectivity index (χ2v) is 15.4. The standard InChI is InChI=1S/C33H41F3N5O3P/c1-4-15-45(44,16-5-2)24-8-6-7-22(17-24)38-32-37-18-27(33(34,35)36)31(40-32)39-28-14-13-25(21-9-11-23(43)12-10-21)26-19-41(3)29(20-42)30(26)28/h6-8,13-14,17-18,20-21,23,29,43H,4-5,9-12,15-16,19H2,1-3H3,(H2,37,38,39,40). The van der Waals surface area contributed by atoms with E-state index < -0.39 is 30.7 Å². The van der Waals surface area contributed by atoms with Crippen LogP contribution in [0.4, 0.5) is 36.3 Å². The molecule has 2 aliphatic rings. The fourth-order valence-corrected chi connectivity index (χ4v) is 9.66. The van der Waals surface area contributed by atoms with Gasteiger partial charge in [-0.15, -0.1) is 0 Å². The van der Waals surface area contributed by atoms with Crippen LogP contribution in [-0.2, 0) is 22.1 Å². The number of halogens is 3. The average molecular weight is 644 g/mol. The Morgan fingerprint density at radius 1 is 1.07 bits per heavy atom. The van der Waals surface area contributed by atoms with Gasteiger partial charge in [0.15, 0.2) is 0 Å². The topological polar surface area (TPSA) is 107 Å². The monoisotopic (exact) mass is 643 g/mol. The Hall–Kier alpha value is -3.27. The summed E-state index contributed by atoms with van der Waals surface area (Å²) in [5.74, 6) is -0.286. The van der Waals surface area contributed by atoms with Crippen molar-refractivity contribution in [1.82, 2.24) is 14.9 Å². The van der Waals surface area contributed by atoms with Crippen molar-refractivity contribution in [1.29, 1.82) is 0 Å². The van der Waals surface area contributed by atoms with Gasteiger partial charge in [-0.05, 0) is 80.8 Å². The van der Waals surface area contributed by atoms with Crippen LogP contribution in [0.15, 0.2) is 42.6 Å². The first kappa shape index (κ1) is 33.1. The highest BCUT2D eigenvalue weighted by Crippen LogP contribution is 2.47. The molecule has 1 aromatic heterocycles. The van der Waals surface area contributed by atoms with Crippen molar-refractivity contribution in [3.8, 4) is 0 Å². The Morgan fingerprint density at radius 3 is 2.42 bits per heavy atom. The number of nitrogens with one attached hydrogen (secondary N) is 2. The number of likely N-dealkylation sites (N-methyl/N-ethyl adjacent to an activating group) is 1. The molecule has 0 bridgehead atoms. The number of aliphatic hydroxyl groups excluding tert-OH is 1. The highest BCUT2D eigenvalue weighted by Gasteiger charge is 2.38. The molecule has 5 rings (SSSR count). The first-order valence-corrected chi connectivity index (χ1v) is 17.7. The molecule has 45 heavy (non-hydrogen) atoms. The van der Waals surface area contributed by atoms with Crippen molar-refractivity contribution in [3.05, 3.63) is 64.8 Å². The number of hydrogen-bond donors (Lipinski definition) is 3. The maximum atomic E-state index is 14.2. The molecule has 3 N–H and O–H groups in total. The molecule has 1 aliphatic heterocycles. The summed E-state index contributed by atoms with van der Waals surface area (Å²) in [6.07, 6.45) is 2.22. The molecule has 2 heterocycles.